The average molecular weight is 343 g/mol. The van der Waals surface area contributed by atoms with Crippen molar-refractivity contribution in [3.05, 3.63) is 34.2 Å². The second kappa shape index (κ2) is 6.23. The van der Waals surface area contributed by atoms with Crippen molar-refractivity contribution in [2.75, 3.05) is 26.2 Å². The number of rotatable bonds is 2. The Hall–Kier alpha value is -1.83. The van der Waals surface area contributed by atoms with Gasteiger partial charge in [0.05, 0.1) is 5.56 Å². The van der Waals surface area contributed by atoms with E-state index in [0.717, 1.165) is 49.1 Å². The molecule has 1 amide bonds. The van der Waals surface area contributed by atoms with Crippen LogP contribution in [0.4, 0.5) is 13.2 Å². The fourth-order valence-corrected chi connectivity index (χ4v) is 3.59. The summed E-state index contributed by atoms with van der Waals surface area (Å²) in [7, 11) is 0. The number of hydrogen-bond donors (Lipinski definition) is 1. The van der Waals surface area contributed by atoms with Crippen molar-refractivity contribution < 1.29 is 18.0 Å². The normalized spacial score (nSPS) is 24.5. The van der Waals surface area contributed by atoms with Crippen LogP contribution >= 0.6 is 0 Å². The van der Waals surface area contributed by atoms with Gasteiger partial charge in [-0.15, -0.1) is 0 Å². The second-order valence-electron chi connectivity index (χ2n) is 6.73. The first-order chi connectivity index (χ1) is 11.3. The van der Waals surface area contributed by atoms with Crippen LogP contribution in [0.3, 0.4) is 0 Å². The Balaban J connectivity index is 1.70. The molecule has 0 radical (unpaired) electrons. The molecule has 1 unspecified atom stereocenters. The number of pyridine rings is 1. The number of hydrogen-bond acceptors (Lipinski definition) is 3. The number of aromatic nitrogens is 1. The molecule has 1 spiro atoms. The molecule has 2 aliphatic heterocycles. The van der Waals surface area contributed by atoms with E-state index >= 15 is 0 Å². The second-order valence-corrected chi connectivity index (χ2v) is 6.73. The number of piperidine rings is 1. The Bertz CT molecular complexity index is 678. The minimum atomic E-state index is -4.54. The maximum Gasteiger partial charge on any atom is 0.417 e. The molecular weight excluding hydrogens is 323 g/mol. The summed E-state index contributed by atoms with van der Waals surface area (Å²) in [6, 6.07) is 1.59. The van der Waals surface area contributed by atoms with E-state index in [2.05, 4.69) is 5.32 Å². The molecule has 0 saturated carbocycles. The van der Waals surface area contributed by atoms with Crippen LogP contribution in [-0.4, -0.2) is 41.6 Å². The van der Waals surface area contributed by atoms with Gasteiger partial charge in [0.2, 0.25) is 5.91 Å². The zero-order chi connectivity index (χ0) is 17.4. The van der Waals surface area contributed by atoms with E-state index in [1.54, 1.807) is 4.90 Å². The average Bonchev–Trinajstić information content (AvgIpc) is 2.93. The lowest BCUT2D eigenvalue weighted by molar-refractivity contribution is -0.138. The maximum absolute atomic E-state index is 12.8. The molecule has 0 bridgehead atoms. The quantitative estimate of drug-likeness (QED) is 0.885. The lowest BCUT2D eigenvalue weighted by Crippen LogP contribution is -2.43. The van der Waals surface area contributed by atoms with Crippen LogP contribution in [0.15, 0.2) is 23.1 Å². The summed E-state index contributed by atoms with van der Waals surface area (Å²) < 4.78 is 39.1. The van der Waals surface area contributed by atoms with Crippen LogP contribution < -0.4 is 10.9 Å². The topological polar surface area (TPSA) is 54.3 Å². The summed E-state index contributed by atoms with van der Waals surface area (Å²) in [4.78, 5) is 25.8. The zero-order valence-electron chi connectivity index (χ0n) is 13.2. The summed E-state index contributed by atoms with van der Waals surface area (Å²) in [6.45, 7) is 2.68. The lowest BCUT2D eigenvalue weighted by Gasteiger charge is -2.33. The van der Waals surface area contributed by atoms with E-state index in [-0.39, 0.29) is 17.9 Å². The molecule has 1 aromatic heterocycles. The van der Waals surface area contributed by atoms with E-state index in [4.69, 9.17) is 0 Å². The molecular formula is C16H20F3N3O2. The zero-order valence-corrected chi connectivity index (χ0v) is 13.2. The van der Waals surface area contributed by atoms with Gasteiger partial charge in [0.1, 0.15) is 6.54 Å². The van der Waals surface area contributed by atoms with Crippen molar-refractivity contribution in [1.82, 2.24) is 14.8 Å². The van der Waals surface area contributed by atoms with Crippen molar-refractivity contribution in [3.63, 3.8) is 0 Å². The molecule has 1 aromatic rings. The molecule has 0 aromatic carbocycles. The largest absolute Gasteiger partial charge is 0.417 e. The Morgan fingerprint density at radius 2 is 2.08 bits per heavy atom. The van der Waals surface area contributed by atoms with Crippen molar-refractivity contribution in [3.8, 4) is 0 Å². The molecule has 5 nitrogen and oxygen atoms in total. The van der Waals surface area contributed by atoms with Crippen LogP contribution in [0.2, 0.25) is 0 Å². The number of alkyl halides is 3. The van der Waals surface area contributed by atoms with Gasteiger partial charge in [-0.1, -0.05) is 0 Å². The summed E-state index contributed by atoms with van der Waals surface area (Å²) in [5, 5.41) is 3.34. The molecule has 2 aliphatic rings. The number of nitrogens with zero attached hydrogens (tertiary/aromatic N) is 2. The highest BCUT2D eigenvalue weighted by atomic mass is 19.4. The summed E-state index contributed by atoms with van der Waals surface area (Å²) in [6.07, 6.45) is -0.816. The van der Waals surface area contributed by atoms with Crippen LogP contribution in [0.25, 0.3) is 0 Å². The minimum absolute atomic E-state index is 0.0761. The summed E-state index contributed by atoms with van der Waals surface area (Å²) in [5.74, 6) is -0.307. The molecule has 3 heterocycles. The van der Waals surface area contributed by atoms with E-state index < -0.39 is 17.3 Å². The van der Waals surface area contributed by atoms with Gasteiger partial charge in [0.25, 0.3) is 5.56 Å². The van der Waals surface area contributed by atoms with Gasteiger partial charge in [-0.25, -0.2) is 0 Å². The van der Waals surface area contributed by atoms with Gasteiger partial charge < -0.3 is 14.8 Å². The molecule has 2 fully saturated rings. The third-order valence-electron chi connectivity index (χ3n) is 4.97. The molecule has 24 heavy (non-hydrogen) atoms. The first kappa shape index (κ1) is 17.0. The highest BCUT2D eigenvalue weighted by Crippen LogP contribution is 2.36. The number of likely N-dealkylation sites (tertiary alicyclic amines) is 1. The van der Waals surface area contributed by atoms with Crippen molar-refractivity contribution in [2.45, 2.75) is 32.0 Å². The van der Waals surface area contributed by atoms with Crippen molar-refractivity contribution in [2.24, 2.45) is 5.41 Å². The van der Waals surface area contributed by atoms with Gasteiger partial charge >= 0.3 is 6.18 Å². The van der Waals surface area contributed by atoms with Gasteiger partial charge in [-0.05, 0) is 31.9 Å². The smallest absolute Gasteiger partial charge is 0.341 e. The predicted octanol–water partition coefficient (Wildman–Crippen LogP) is 1.47. The van der Waals surface area contributed by atoms with Crippen LogP contribution in [0, 0.1) is 5.41 Å². The Morgan fingerprint density at radius 3 is 2.75 bits per heavy atom. The highest BCUT2D eigenvalue weighted by Gasteiger charge is 2.40. The summed E-state index contributed by atoms with van der Waals surface area (Å²) in [5.41, 5.74) is -1.46. The predicted molar refractivity (Wildman–Crippen MR) is 81.4 cm³/mol. The monoisotopic (exact) mass is 343 g/mol. The van der Waals surface area contributed by atoms with Gasteiger partial charge in [0.15, 0.2) is 0 Å². The van der Waals surface area contributed by atoms with Gasteiger partial charge in [-0.2, -0.15) is 13.2 Å². The van der Waals surface area contributed by atoms with Crippen LogP contribution in [0.1, 0.15) is 24.8 Å². The standard InChI is InChI=1S/C16H20F3N3O2/c17-16(18,19)12-2-3-13(23)22(8-12)9-14(24)21-7-5-15(11-21)4-1-6-20-10-15/h2-3,8,20H,1,4-7,9-11H2. The Kier molecular flexibility index (Phi) is 4.42. The first-order valence-electron chi connectivity index (χ1n) is 8.05. The number of nitrogens with one attached hydrogen (secondary N) is 1. The lowest BCUT2D eigenvalue weighted by atomic mass is 9.80. The van der Waals surface area contributed by atoms with E-state index in [1.165, 1.54) is 0 Å². The Morgan fingerprint density at radius 1 is 1.29 bits per heavy atom. The first-order valence-corrected chi connectivity index (χ1v) is 8.05. The molecule has 1 atom stereocenters. The number of carbonyl (C=O) groups is 1. The van der Waals surface area contributed by atoms with E-state index in [1.807, 2.05) is 0 Å². The van der Waals surface area contributed by atoms with Crippen molar-refractivity contribution >= 4 is 5.91 Å². The fraction of sp³-hybridized carbons (Fsp3) is 0.625. The molecule has 3 rings (SSSR count). The molecule has 8 heteroatoms. The van der Waals surface area contributed by atoms with Crippen LogP contribution in [-0.2, 0) is 17.5 Å². The third kappa shape index (κ3) is 3.48. The molecule has 0 aliphatic carbocycles. The number of halogens is 3. The number of amides is 1. The fourth-order valence-electron chi connectivity index (χ4n) is 3.59. The maximum atomic E-state index is 12.8. The third-order valence-corrected chi connectivity index (χ3v) is 4.97. The summed E-state index contributed by atoms with van der Waals surface area (Å²) >= 11 is 0. The van der Waals surface area contributed by atoms with Crippen molar-refractivity contribution in [1.29, 1.82) is 0 Å². The molecule has 132 valence electrons. The van der Waals surface area contributed by atoms with Gasteiger partial charge in [-0.3, -0.25) is 9.59 Å². The van der Waals surface area contributed by atoms with E-state index in [9.17, 15) is 22.8 Å². The number of carbonyl (C=O) groups excluding carboxylic acids is 1. The highest BCUT2D eigenvalue weighted by molar-refractivity contribution is 5.76. The Labute approximate surface area is 137 Å². The molecule has 1 N–H and O–H groups in total. The molecule has 2 saturated heterocycles. The van der Waals surface area contributed by atoms with Gasteiger partial charge in [0, 0.05) is 37.3 Å². The van der Waals surface area contributed by atoms with Crippen LogP contribution in [0.5, 0.6) is 0 Å². The minimum Gasteiger partial charge on any atom is -0.341 e. The van der Waals surface area contributed by atoms with E-state index in [0.29, 0.717) is 19.3 Å². The SMILES string of the molecule is O=C(Cn1cc(C(F)(F)F)ccc1=O)N1CCC2(CCCNC2)C1.